The van der Waals surface area contributed by atoms with Gasteiger partial charge in [-0.25, -0.2) is 4.98 Å². The number of carbonyl (C=O) groups excluding carboxylic acids is 2. The molecule has 2 aromatic rings. The van der Waals surface area contributed by atoms with Crippen molar-refractivity contribution < 1.29 is 24.0 Å². The fraction of sp³-hybridized carbons (Fsp3) is 0.111. The van der Waals surface area contributed by atoms with Gasteiger partial charge in [0.05, 0.1) is 12.0 Å². The number of nitro groups is 1. The minimum absolute atomic E-state index is 0.0362. The van der Waals surface area contributed by atoms with Crippen LogP contribution in [0.1, 0.15) is 5.56 Å². The third-order valence-corrected chi connectivity index (χ3v) is 4.33. The summed E-state index contributed by atoms with van der Waals surface area (Å²) in [5.74, 6) is -0.363. The van der Waals surface area contributed by atoms with Crippen LogP contribution in [0.15, 0.2) is 42.1 Å². The summed E-state index contributed by atoms with van der Waals surface area (Å²) in [7, 11) is 2.89. The number of thiocarbonyl (C=S) groups is 1. The topological polar surface area (TPSA) is 124 Å². The summed E-state index contributed by atoms with van der Waals surface area (Å²) in [5.41, 5.74) is 0.283. The van der Waals surface area contributed by atoms with Gasteiger partial charge in [0.25, 0.3) is 17.5 Å². The molecule has 0 unspecified atom stereocenters. The standard InChI is InChI=1S/C18H14N4O6S/c1-21-17(24)12(16(23)20-18(21)29)7-10-3-5-13(14(8-10)27-2)28-15-6-4-11(9-19-15)22(25)26/h3-9H,1-2H3,(H,20,23,29)/b12-7+. The highest BCUT2D eigenvalue weighted by atomic mass is 32.1. The molecule has 0 bridgehead atoms. The molecule has 2 heterocycles. The second-order valence-corrected chi connectivity index (χ2v) is 6.19. The van der Waals surface area contributed by atoms with Crippen LogP contribution in [-0.4, -0.2) is 45.9 Å². The largest absolute Gasteiger partial charge is 0.493 e. The van der Waals surface area contributed by atoms with E-state index in [2.05, 4.69) is 10.3 Å². The van der Waals surface area contributed by atoms with Gasteiger partial charge < -0.3 is 9.47 Å². The number of rotatable bonds is 5. The van der Waals surface area contributed by atoms with Crippen molar-refractivity contribution in [1.29, 1.82) is 0 Å². The molecule has 148 valence electrons. The van der Waals surface area contributed by atoms with Crippen molar-refractivity contribution >= 4 is 40.9 Å². The number of aromatic nitrogens is 1. The van der Waals surface area contributed by atoms with E-state index in [1.807, 2.05) is 0 Å². The van der Waals surface area contributed by atoms with E-state index in [4.69, 9.17) is 21.7 Å². The van der Waals surface area contributed by atoms with Crippen molar-refractivity contribution in [2.75, 3.05) is 14.2 Å². The lowest BCUT2D eigenvalue weighted by Crippen LogP contribution is -2.52. The Morgan fingerprint density at radius 3 is 2.62 bits per heavy atom. The Labute approximate surface area is 169 Å². The van der Waals surface area contributed by atoms with Crippen LogP contribution in [-0.2, 0) is 9.59 Å². The van der Waals surface area contributed by atoms with Gasteiger partial charge >= 0.3 is 0 Å². The van der Waals surface area contributed by atoms with Gasteiger partial charge in [0, 0.05) is 19.2 Å². The fourth-order valence-electron chi connectivity index (χ4n) is 2.42. The summed E-state index contributed by atoms with van der Waals surface area (Å²) in [4.78, 5) is 39.5. The summed E-state index contributed by atoms with van der Waals surface area (Å²) >= 11 is 4.91. The second-order valence-electron chi connectivity index (χ2n) is 5.81. The number of likely N-dealkylation sites (N-methyl/N-ethyl adjacent to an activating group) is 1. The Hall–Kier alpha value is -3.86. The van der Waals surface area contributed by atoms with Crippen molar-refractivity contribution in [3.8, 4) is 17.4 Å². The Morgan fingerprint density at radius 2 is 2.00 bits per heavy atom. The van der Waals surface area contributed by atoms with Gasteiger partial charge in [-0.05, 0) is 36.0 Å². The molecule has 1 saturated heterocycles. The molecular formula is C18H14N4O6S. The lowest BCUT2D eigenvalue weighted by molar-refractivity contribution is -0.385. The summed E-state index contributed by atoms with van der Waals surface area (Å²) < 4.78 is 10.9. The Balaban J connectivity index is 1.87. The average molecular weight is 414 g/mol. The molecule has 1 aromatic heterocycles. The zero-order chi connectivity index (χ0) is 21.1. The number of hydrogen-bond acceptors (Lipinski definition) is 8. The maximum atomic E-state index is 12.3. The molecule has 1 aromatic carbocycles. The van der Waals surface area contributed by atoms with Gasteiger partial charge in [-0.15, -0.1) is 0 Å². The highest BCUT2D eigenvalue weighted by molar-refractivity contribution is 7.80. The zero-order valence-electron chi connectivity index (χ0n) is 15.2. The molecule has 0 saturated carbocycles. The summed E-state index contributed by atoms with van der Waals surface area (Å²) in [6, 6.07) is 7.37. The van der Waals surface area contributed by atoms with Gasteiger partial charge in [0.1, 0.15) is 11.8 Å². The number of nitrogens with zero attached hydrogens (tertiary/aromatic N) is 3. The van der Waals surface area contributed by atoms with Gasteiger partial charge in [0.2, 0.25) is 5.88 Å². The number of pyridine rings is 1. The van der Waals surface area contributed by atoms with Crippen LogP contribution in [0.3, 0.4) is 0 Å². The highest BCUT2D eigenvalue weighted by Gasteiger charge is 2.30. The summed E-state index contributed by atoms with van der Waals surface area (Å²) in [6.07, 6.45) is 2.49. The molecule has 0 aliphatic carbocycles. The number of carbonyl (C=O) groups is 2. The predicted octanol–water partition coefficient (Wildman–Crippen LogP) is 2.05. The number of nitrogens with one attached hydrogen (secondary N) is 1. The van der Waals surface area contributed by atoms with Gasteiger partial charge in [-0.1, -0.05) is 6.07 Å². The zero-order valence-corrected chi connectivity index (χ0v) is 16.1. The van der Waals surface area contributed by atoms with E-state index in [1.54, 1.807) is 18.2 Å². The molecule has 11 heteroatoms. The SMILES string of the molecule is COc1cc(/C=C2\C(=O)NC(=S)N(C)C2=O)ccc1Oc1ccc([N+](=O)[O-])cn1. The number of methoxy groups -OCH3 is 1. The first-order chi connectivity index (χ1) is 13.8. The highest BCUT2D eigenvalue weighted by Crippen LogP contribution is 2.32. The first kappa shape index (κ1) is 19.9. The Morgan fingerprint density at radius 1 is 1.24 bits per heavy atom. The van der Waals surface area contributed by atoms with Crippen molar-refractivity contribution in [3.63, 3.8) is 0 Å². The lowest BCUT2D eigenvalue weighted by atomic mass is 10.1. The molecule has 2 amide bonds. The molecule has 0 atom stereocenters. The third kappa shape index (κ3) is 4.19. The molecule has 1 fully saturated rings. The Bertz CT molecular complexity index is 1050. The molecule has 10 nitrogen and oxygen atoms in total. The molecule has 29 heavy (non-hydrogen) atoms. The van der Waals surface area contributed by atoms with Crippen molar-refractivity contribution in [1.82, 2.24) is 15.2 Å². The van der Waals surface area contributed by atoms with Crippen LogP contribution < -0.4 is 14.8 Å². The number of ether oxygens (including phenoxy) is 2. The normalized spacial score (nSPS) is 15.3. The monoisotopic (exact) mass is 414 g/mol. The second kappa shape index (κ2) is 8.02. The number of hydrogen-bond donors (Lipinski definition) is 1. The van der Waals surface area contributed by atoms with E-state index in [-0.39, 0.29) is 22.3 Å². The third-order valence-electron chi connectivity index (χ3n) is 3.95. The summed E-state index contributed by atoms with van der Waals surface area (Å²) in [6.45, 7) is 0. The van der Waals surface area contributed by atoms with Gasteiger partial charge in [0.15, 0.2) is 16.6 Å². The minimum Gasteiger partial charge on any atom is -0.493 e. The van der Waals surface area contributed by atoms with Crippen LogP contribution in [0.2, 0.25) is 0 Å². The van der Waals surface area contributed by atoms with Crippen LogP contribution >= 0.6 is 12.2 Å². The number of amides is 2. The summed E-state index contributed by atoms with van der Waals surface area (Å²) in [5, 5.41) is 13.2. The molecule has 3 rings (SSSR count). The van der Waals surface area contributed by atoms with E-state index >= 15 is 0 Å². The van der Waals surface area contributed by atoms with E-state index in [0.717, 1.165) is 11.1 Å². The first-order valence-electron chi connectivity index (χ1n) is 8.11. The van der Waals surface area contributed by atoms with Crippen molar-refractivity contribution in [2.24, 2.45) is 0 Å². The molecular weight excluding hydrogens is 400 g/mol. The fourth-order valence-corrected chi connectivity index (χ4v) is 2.60. The van der Waals surface area contributed by atoms with E-state index < -0.39 is 16.7 Å². The van der Waals surface area contributed by atoms with Crippen molar-refractivity contribution in [3.05, 3.63) is 57.8 Å². The molecule has 1 aliphatic rings. The maximum absolute atomic E-state index is 12.3. The molecule has 0 radical (unpaired) electrons. The van der Waals surface area contributed by atoms with Crippen LogP contribution in [0.5, 0.6) is 17.4 Å². The van der Waals surface area contributed by atoms with Gasteiger partial charge in [-0.3, -0.25) is 29.9 Å². The molecule has 1 aliphatic heterocycles. The lowest BCUT2D eigenvalue weighted by Gasteiger charge is -2.25. The minimum atomic E-state index is -0.590. The van der Waals surface area contributed by atoms with E-state index in [1.165, 1.54) is 32.4 Å². The smallest absolute Gasteiger partial charge is 0.287 e. The van der Waals surface area contributed by atoms with Crippen molar-refractivity contribution in [2.45, 2.75) is 0 Å². The molecule has 1 N–H and O–H groups in total. The quantitative estimate of drug-likeness (QED) is 0.259. The van der Waals surface area contributed by atoms with Crippen LogP contribution in [0.25, 0.3) is 6.08 Å². The molecule has 0 spiro atoms. The van der Waals surface area contributed by atoms with Gasteiger partial charge in [-0.2, -0.15) is 0 Å². The van der Waals surface area contributed by atoms with Crippen LogP contribution in [0.4, 0.5) is 5.69 Å². The predicted molar refractivity (Wildman–Crippen MR) is 105 cm³/mol. The Kier molecular flexibility index (Phi) is 5.50. The first-order valence-corrected chi connectivity index (χ1v) is 8.52. The van der Waals surface area contributed by atoms with E-state index in [9.17, 15) is 19.7 Å². The maximum Gasteiger partial charge on any atom is 0.287 e. The average Bonchev–Trinajstić information content (AvgIpc) is 2.71. The van der Waals surface area contributed by atoms with Crippen LogP contribution in [0, 0.1) is 10.1 Å². The number of benzene rings is 1. The van der Waals surface area contributed by atoms with E-state index in [0.29, 0.717) is 17.1 Å².